The Morgan fingerprint density at radius 3 is 2.87 bits per heavy atom. The number of primary amides is 1. The van der Waals surface area contributed by atoms with Gasteiger partial charge < -0.3 is 15.4 Å². The maximum atomic E-state index is 12.8. The smallest absolute Gasteiger partial charge is 0.253 e. The lowest BCUT2D eigenvalue weighted by molar-refractivity contribution is -0.134. The molecule has 6 heteroatoms. The lowest BCUT2D eigenvalue weighted by Gasteiger charge is -2.37. The molecule has 2 amide bonds. The molecule has 0 bridgehead atoms. The molecule has 122 valence electrons. The van der Waals surface area contributed by atoms with Crippen LogP contribution in [0.1, 0.15) is 25.3 Å². The van der Waals surface area contributed by atoms with E-state index in [9.17, 15) is 9.59 Å². The number of hydrogen-bond acceptors (Lipinski definition) is 3. The first kappa shape index (κ1) is 15.9. The predicted octanol–water partition coefficient (Wildman–Crippen LogP) is 2.23. The van der Waals surface area contributed by atoms with Crippen LogP contribution in [0.4, 0.5) is 0 Å². The van der Waals surface area contributed by atoms with Crippen molar-refractivity contribution in [3.8, 4) is 5.75 Å². The molecule has 0 unspecified atom stereocenters. The number of nitrogens with zero attached hydrogens (tertiary/aromatic N) is 1. The molecule has 1 fully saturated rings. The first-order valence-corrected chi connectivity index (χ1v) is 8.06. The summed E-state index contributed by atoms with van der Waals surface area (Å²) in [6.45, 7) is 2.58. The van der Waals surface area contributed by atoms with E-state index < -0.39 is 0 Å². The number of halogens is 1. The molecule has 0 radical (unpaired) electrons. The van der Waals surface area contributed by atoms with Crippen LogP contribution in [0.2, 0.25) is 5.02 Å². The van der Waals surface area contributed by atoms with E-state index in [0.29, 0.717) is 22.9 Å². The van der Waals surface area contributed by atoms with Crippen LogP contribution in [0, 0.1) is 5.92 Å². The summed E-state index contributed by atoms with van der Waals surface area (Å²) in [6, 6.07) is 5.40. The molecule has 5 nitrogen and oxygen atoms in total. The Balaban J connectivity index is 1.83. The number of piperidine rings is 1. The van der Waals surface area contributed by atoms with E-state index in [-0.39, 0.29) is 30.4 Å². The van der Waals surface area contributed by atoms with Gasteiger partial charge in [0.05, 0.1) is 11.5 Å². The molecular weight excluding hydrogens is 316 g/mol. The van der Waals surface area contributed by atoms with Gasteiger partial charge in [0, 0.05) is 23.2 Å². The zero-order chi connectivity index (χ0) is 16.6. The van der Waals surface area contributed by atoms with E-state index >= 15 is 0 Å². The number of carbonyl (C=O) groups excluding carboxylic acids is 2. The summed E-state index contributed by atoms with van der Waals surface area (Å²) >= 11 is 6.00. The summed E-state index contributed by atoms with van der Waals surface area (Å²) in [5.41, 5.74) is 6.76. The van der Waals surface area contributed by atoms with Crippen molar-refractivity contribution >= 4 is 29.5 Å². The van der Waals surface area contributed by atoms with E-state index in [4.69, 9.17) is 22.1 Å². The number of carbonyl (C=O) groups is 2. The van der Waals surface area contributed by atoms with Crippen molar-refractivity contribution in [2.45, 2.75) is 25.8 Å². The number of fused-ring (bicyclic) bond motifs is 1. The number of rotatable bonds is 2. The van der Waals surface area contributed by atoms with Crippen molar-refractivity contribution in [2.24, 2.45) is 11.7 Å². The van der Waals surface area contributed by atoms with Crippen LogP contribution in [0.5, 0.6) is 5.75 Å². The van der Waals surface area contributed by atoms with Crippen molar-refractivity contribution in [1.29, 1.82) is 0 Å². The summed E-state index contributed by atoms with van der Waals surface area (Å²) in [7, 11) is 0. The van der Waals surface area contributed by atoms with Gasteiger partial charge in [0.15, 0.2) is 0 Å². The van der Waals surface area contributed by atoms with Crippen LogP contribution in [0.25, 0.3) is 6.08 Å². The molecule has 1 aromatic carbocycles. The Labute approximate surface area is 140 Å². The summed E-state index contributed by atoms with van der Waals surface area (Å²) in [5, 5.41) is 0.595. The van der Waals surface area contributed by atoms with E-state index in [1.807, 2.05) is 13.0 Å². The van der Waals surface area contributed by atoms with Crippen LogP contribution >= 0.6 is 11.6 Å². The molecule has 2 N–H and O–H groups in total. The lowest BCUT2D eigenvalue weighted by atomic mass is 9.92. The average molecular weight is 335 g/mol. The quantitative estimate of drug-likeness (QED) is 0.901. The molecular formula is C17H19ClN2O3. The van der Waals surface area contributed by atoms with E-state index in [2.05, 4.69) is 0 Å². The zero-order valence-corrected chi connectivity index (χ0v) is 13.7. The number of likely N-dealkylation sites (tertiary alicyclic amines) is 1. The third kappa shape index (κ3) is 3.20. The third-order valence-corrected chi connectivity index (χ3v) is 4.74. The van der Waals surface area contributed by atoms with Crippen LogP contribution in [0.15, 0.2) is 23.8 Å². The van der Waals surface area contributed by atoms with Gasteiger partial charge in [0.1, 0.15) is 12.4 Å². The van der Waals surface area contributed by atoms with Gasteiger partial charge in [-0.25, -0.2) is 0 Å². The third-order valence-electron chi connectivity index (χ3n) is 4.50. The SMILES string of the molecule is C[C@H]1CC[C@H](C(N)=O)CN1C(=O)C1=Cc2cc(Cl)ccc2OC1. The highest BCUT2D eigenvalue weighted by Crippen LogP contribution is 2.31. The first-order valence-electron chi connectivity index (χ1n) is 7.69. The Morgan fingerprint density at radius 2 is 2.13 bits per heavy atom. The second-order valence-corrected chi connectivity index (χ2v) is 6.56. The van der Waals surface area contributed by atoms with Crippen LogP contribution in [-0.2, 0) is 9.59 Å². The van der Waals surface area contributed by atoms with Gasteiger partial charge in [-0.2, -0.15) is 0 Å². The molecule has 0 aliphatic carbocycles. The number of ether oxygens (including phenoxy) is 1. The molecule has 3 rings (SSSR count). The Bertz CT molecular complexity index is 686. The summed E-state index contributed by atoms with van der Waals surface area (Å²) < 4.78 is 5.65. The van der Waals surface area contributed by atoms with Crippen molar-refractivity contribution < 1.29 is 14.3 Å². The highest BCUT2D eigenvalue weighted by molar-refractivity contribution is 6.30. The van der Waals surface area contributed by atoms with Crippen LogP contribution in [0.3, 0.4) is 0 Å². The molecule has 1 saturated heterocycles. The second-order valence-electron chi connectivity index (χ2n) is 6.12. The van der Waals surface area contributed by atoms with Crippen LogP contribution in [-0.4, -0.2) is 35.9 Å². The van der Waals surface area contributed by atoms with E-state index in [0.717, 1.165) is 18.4 Å². The standard InChI is InChI=1S/C17H19ClN2O3/c1-10-2-3-11(16(19)21)8-20(10)17(22)13-6-12-7-14(18)4-5-15(12)23-9-13/h4-7,10-11H,2-3,8-9H2,1H3,(H2,19,21)/t10-,11-/m0/s1. The van der Waals surface area contributed by atoms with Crippen LogP contribution < -0.4 is 10.5 Å². The zero-order valence-electron chi connectivity index (χ0n) is 12.9. The topological polar surface area (TPSA) is 72.6 Å². The van der Waals surface area contributed by atoms with Gasteiger partial charge in [-0.05, 0) is 44.0 Å². The molecule has 0 aromatic heterocycles. The fraction of sp³-hybridized carbons (Fsp3) is 0.412. The van der Waals surface area contributed by atoms with Gasteiger partial charge in [-0.3, -0.25) is 9.59 Å². The molecule has 0 saturated carbocycles. The Hall–Kier alpha value is -2.01. The molecule has 1 aromatic rings. The number of hydrogen-bond donors (Lipinski definition) is 1. The van der Waals surface area contributed by atoms with Gasteiger partial charge >= 0.3 is 0 Å². The lowest BCUT2D eigenvalue weighted by Crippen LogP contribution is -2.49. The highest BCUT2D eigenvalue weighted by atomic mass is 35.5. The fourth-order valence-corrected chi connectivity index (χ4v) is 3.26. The molecule has 23 heavy (non-hydrogen) atoms. The minimum atomic E-state index is -0.347. The molecule has 0 spiro atoms. The maximum Gasteiger partial charge on any atom is 0.253 e. The highest BCUT2D eigenvalue weighted by Gasteiger charge is 2.33. The summed E-state index contributed by atoms with van der Waals surface area (Å²) in [5.74, 6) is -0.00979. The van der Waals surface area contributed by atoms with Crippen molar-refractivity contribution in [3.05, 3.63) is 34.4 Å². The van der Waals surface area contributed by atoms with Crippen molar-refractivity contribution in [2.75, 3.05) is 13.2 Å². The molecule has 2 atom stereocenters. The van der Waals surface area contributed by atoms with Gasteiger partial charge in [-0.15, -0.1) is 0 Å². The monoisotopic (exact) mass is 334 g/mol. The second kappa shape index (κ2) is 6.24. The molecule has 2 aliphatic rings. The summed E-state index contributed by atoms with van der Waals surface area (Å²) in [4.78, 5) is 26.0. The van der Waals surface area contributed by atoms with E-state index in [1.165, 1.54) is 0 Å². The number of nitrogens with two attached hydrogens (primary N) is 1. The van der Waals surface area contributed by atoms with Gasteiger partial charge in [-0.1, -0.05) is 11.6 Å². The Morgan fingerprint density at radius 1 is 1.35 bits per heavy atom. The minimum Gasteiger partial charge on any atom is -0.488 e. The van der Waals surface area contributed by atoms with Gasteiger partial charge in [0.25, 0.3) is 5.91 Å². The normalized spacial score (nSPS) is 23.6. The fourth-order valence-electron chi connectivity index (χ4n) is 3.08. The summed E-state index contributed by atoms with van der Waals surface area (Å²) in [6.07, 6.45) is 3.32. The minimum absolute atomic E-state index is 0.0831. The van der Waals surface area contributed by atoms with Crippen molar-refractivity contribution in [3.63, 3.8) is 0 Å². The predicted molar refractivity (Wildman–Crippen MR) is 88.0 cm³/mol. The largest absolute Gasteiger partial charge is 0.488 e. The van der Waals surface area contributed by atoms with E-state index in [1.54, 1.807) is 23.1 Å². The Kier molecular flexibility index (Phi) is 4.31. The van der Waals surface area contributed by atoms with Gasteiger partial charge in [0.2, 0.25) is 5.91 Å². The molecule has 2 heterocycles. The average Bonchev–Trinajstić information content (AvgIpc) is 2.53. The molecule has 2 aliphatic heterocycles. The number of benzene rings is 1. The number of amides is 2. The van der Waals surface area contributed by atoms with Crippen molar-refractivity contribution in [1.82, 2.24) is 4.90 Å². The first-order chi connectivity index (χ1) is 11.0. The maximum absolute atomic E-state index is 12.8.